The molecule has 2 N–H and O–H groups in total. The second kappa shape index (κ2) is 7.14. The summed E-state index contributed by atoms with van der Waals surface area (Å²) in [5.41, 5.74) is -0.738. The molecule has 1 aliphatic heterocycles. The molecule has 148 valence electrons. The predicted molar refractivity (Wildman–Crippen MR) is 92.6 cm³/mol. The minimum atomic E-state index is -4.36. The monoisotopic (exact) mass is 384 g/mol. The van der Waals surface area contributed by atoms with Crippen LogP contribution in [-0.4, -0.2) is 36.1 Å². The summed E-state index contributed by atoms with van der Waals surface area (Å²) in [4.78, 5) is 27.3. The Morgan fingerprint density at radius 3 is 2.33 bits per heavy atom. The minimum absolute atomic E-state index is 0.175. The third-order valence-electron chi connectivity index (χ3n) is 5.59. The topological polar surface area (TPSA) is 53.9 Å². The number of hydrogen-bond donors (Lipinski definition) is 2. The average Bonchev–Trinajstić information content (AvgIpc) is 2.82. The molecule has 2 aliphatic rings. The summed E-state index contributed by atoms with van der Waals surface area (Å²) >= 11 is 0. The molecule has 27 heavy (non-hydrogen) atoms. The lowest BCUT2D eigenvalue weighted by Gasteiger charge is -2.33. The first-order valence-electron chi connectivity index (χ1n) is 9.22. The number of urea groups is 1. The van der Waals surface area contributed by atoms with Crippen LogP contribution in [0.5, 0.6) is 0 Å². The molecule has 3 rings (SSSR count). The van der Waals surface area contributed by atoms with Crippen molar-refractivity contribution in [3.63, 3.8) is 0 Å². The van der Waals surface area contributed by atoms with E-state index >= 15 is 0 Å². The Bertz CT molecular complexity index is 710. The van der Waals surface area contributed by atoms with Crippen LogP contribution in [0.4, 0.5) is 18.0 Å². The van der Waals surface area contributed by atoms with Crippen LogP contribution in [0.3, 0.4) is 0 Å². The summed E-state index contributed by atoms with van der Waals surface area (Å²) in [5.74, 6) is 0.383. The summed E-state index contributed by atoms with van der Waals surface area (Å²) in [7, 11) is 1.81. The average molecular weight is 384 g/mol. The van der Waals surface area contributed by atoms with E-state index in [2.05, 4.69) is 12.2 Å². The van der Waals surface area contributed by atoms with Crippen molar-refractivity contribution in [2.45, 2.75) is 50.9 Å². The number of rotatable bonds is 4. The maximum absolute atomic E-state index is 12.8. The summed E-state index contributed by atoms with van der Waals surface area (Å²) in [6.45, 7) is 2.75. The Balaban J connectivity index is 1.61. The number of carbonyl (C=O) groups is 2. The van der Waals surface area contributed by atoms with Gasteiger partial charge >= 0.3 is 12.2 Å². The van der Waals surface area contributed by atoms with E-state index in [1.165, 1.54) is 17.0 Å². The lowest BCUT2D eigenvalue weighted by molar-refractivity contribution is -0.901. The van der Waals surface area contributed by atoms with Gasteiger partial charge in [0.15, 0.2) is 6.67 Å². The summed E-state index contributed by atoms with van der Waals surface area (Å²) in [6, 6.07) is 4.59. The van der Waals surface area contributed by atoms with Gasteiger partial charge in [0.25, 0.3) is 5.91 Å². The van der Waals surface area contributed by atoms with Gasteiger partial charge in [-0.05, 0) is 43.7 Å². The molecule has 1 saturated heterocycles. The molecule has 1 aromatic carbocycles. The number of nitrogens with zero attached hydrogens (tertiary/aromatic N) is 1. The number of quaternary nitrogens is 1. The Morgan fingerprint density at radius 1 is 1.19 bits per heavy atom. The second-order valence-electron chi connectivity index (χ2n) is 7.91. The van der Waals surface area contributed by atoms with Crippen LogP contribution < -0.4 is 10.2 Å². The van der Waals surface area contributed by atoms with E-state index in [4.69, 9.17) is 0 Å². The van der Waals surface area contributed by atoms with Gasteiger partial charge in [-0.25, -0.2) is 9.69 Å². The molecular formula is C19H25F3N3O2+. The van der Waals surface area contributed by atoms with Crippen molar-refractivity contribution in [2.75, 3.05) is 13.7 Å². The fourth-order valence-electron chi connectivity index (χ4n) is 3.90. The summed E-state index contributed by atoms with van der Waals surface area (Å²) < 4.78 is 37.9. The van der Waals surface area contributed by atoms with E-state index in [0.29, 0.717) is 30.9 Å². The third-order valence-corrected chi connectivity index (χ3v) is 5.59. The first-order chi connectivity index (χ1) is 12.6. The van der Waals surface area contributed by atoms with Crippen molar-refractivity contribution in [1.29, 1.82) is 0 Å². The molecule has 1 saturated carbocycles. The number of hydrogen-bond acceptors (Lipinski definition) is 2. The van der Waals surface area contributed by atoms with Crippen LogP contribution in [0, 0.1) is 5.92 Å². The van der Waals surface area contributed by atoms with Crippen molar-refractivity contribution in [3.05, 3.63) is 35.4 Å². The van der Waals surface area contributed by atoms with E-state index in [1.807, 2.05) is 7.05 Å². The molecule has 2 fully saturated rings. The van der Waals surface area contributed by atoms with E-state index in [9.17, 15) is 22.8 Å². The van der Waals surface area contributed by atoms with Crippen LogP contribution in [0.2, 0.25) is 0 Å². The van der Waals surface area contributed by atoms with Gasteiger partial charge in [0, 0.05) is 5.56 Å². The van der Waals surface area contributed by atoms with Crippen molar-refractivity contribution in [1.82, 2.24) is 10.2 Å². The SMILES string of the molecule is CC1CCC2(CC1)NC(=O)N(C[NH+](C)Cc1ccc(C(F)(F)F)cc1)C2=O. The Labute approximate surface area is 156 Å². The summed E-state index contributed by atoms with van der Waals surface area (Å²) in [5, 5.41) is 2.88. The number of alkyl halides is 3. The summed E-state index contributed by atoms with van der Waals surface area (Å²) in [6.07, 6.45) is -1.22. The Morgan fingerprint density at radius 2 is 1.78 bits per heavy atom. The van der Waals surface area contributed by atoms with Crippen molar-refractivity contribution in [2.24, 2.45) is 5.92 Å². The zero-order valence-electron chi connectivity index (χ0n) is 15.5. The van der Waals surface area contributed by atoms with Crippen LogP contribution in [-0.2, 0) is 17.5 Å². The van der Waals surface area contributed by atoms with Gasteiger partial charge in [0.1, 0.15) is 12.1 Å². The van der Waals surface area contributed by atoms with Gasteiger partial charge in [-0.2, -0.15) is 13.2 Å². The molecule has 3 amide bonds. The fourth-order valence-corrected chi connectivity index (χ4v) is 3.90. The number of carbonyl (C=O) groups excluding carboxylic acids is 2. The normalized spacial score (nSPS) is 27.1. The standard InChI is InChI=1S/C19H24F3N3O2/c1-13-7-9-18(10-8-13)16(26)25(17(27)23-18)12-24(2)11-14-3-5-15(6-4-14)19(20,21)22/h3-6,13H,7-12H2,1-2H3,(H,23,27)/p+1. The van der Waals surface area contributed by atoms with E-state index < -0.39 is 17.3 Å². The second-order valence-corrected chi connectivity index (χ2v) is 7.91. The molecule has 1 aliphatic carbocycles. The highest BCUT2D eigenvalue weighted by Crippen LogP contribution is 2.36. The minimum Gasteiger partial charge on any atom is -0.323 e. The van der Waals surface area contributed by atoms with Gasteiger partial charge in [0.2, 0.25) is 0 Å². The molecular weight excluding hydrogens is 359 g/mol. The largest absolute Gasteiger partial charge is 0.416 e. The van der Waals surface area contributed by atoms with E-state index in [1.54, 1.807) is 0 Å². The molecule has 0 aromatic heterocycles. The molecule has 5 nitrogen and oxygen atoms in total. The van der Waals surface area contributed by atoms with Gasteiger partial charge in [-0.1, -0.05) is 19.1 Å². The zero-order valence-corrected chi connectivity index (χ0v) is 15.5. The van der Waals surface area contributed by atoms with E-state index in [-0.39, 0.29) is 18.6 Å². The molecule has 1 spiro atoms. The van der Waals surface area contributed by atoms with Crippen molar-refractivity contribution >= 4 is 11.9 Å². The van der Waals surface area contributed by atoms with Crippen LogP contribution in [0.25, 0.3) is 0 Å². The van der Waals surface area contributed by atoms with Crippen LogP contribution in [0.1, 0.15) is 43.7 Å². The fraction of sp³-hybridized carbons (Fsp3) is 0.579. The van der Waals surface area contributed by atoms with Gasteiger partial charge in [-0.3, -0.25) is 4.79 Å². The van der Waals surface area contributed by atoms with E-state index in [0.717, 1.165) is 29.9 Å². The van der Waals surface area contributed by atoms with Gasteiger partial charge in [-0.15, -0.1) is 0 Å². The quantitative estimate of drug-likeness (QED) is 0.782. The number of nitrogens with one attached hydrogen (secondary N) is 2. The number of benzene rings is 1. The predicted octanol–water partition coefficient (Wildman–Crippen LogP) is 2.18. The van der Waals surface area contributed by atoms with Crippen LogP contribution in [0.15, 0.2) is 24.3 Å². The molecule has 1 aromatic rings. The maximum atomic E-state index is 12.8. The van der Waals surface area contributed by atoms with Crippen LogP contribution >= 0.6 is 0 Å². The zero-order chi connectivity index (χ0) is 19.8. The highest BCUT2D eigenvalue weighted by molar-refractivity contribution is 6.06. The first-order valence-corrected chi connectivity index (χ1v) is 9.22. The Kier molecular flexibility index (Phi) is 5.20. The lowest BCUT2D eigenvalue weighted by atomic mass is 9.77. The highest BCUT2D eigenvalue weighted by atomic mass is 19.4. The van der Waals surface area contributed by atoms with Crippen molar-refractivity contribution < 1.29 is 27.7 Å². The molecule has 0 radical (unpaired) electrons. The van der Waals surface area contributed by atoms with Crippen molar-refractivity contribution in [3.8, 4) is 0 Å². The number of halogens is 3. The maximum Gasteiger partial charge on any atom is 0.416 e. The third kappa shape index (κ3) is 4.10. The molecule has 1 unspecified atom stereocenters. The lowest BCUT2D eigenvalue weighted by Crippen LogP contribution is -3.09. The number of imide groups is 1. The van der Waals surface area contributed by atoms with Gasteiger partial charge < -0.3 is 10.2 Å². The molecule has 0 bridgehead atoms. The molecule has 1 atom stereocenters. The molecule has 8 heteroatoms. The van der Waals surface area contributed by atoms with Gasteiger partial charge in [0.05, 0.1) is 12.6 Å². The molecule has 1 heterocycles. The number of amides is 3. The smallest absolute Gasteiger partial charge is 0.323 e. The first kappa shape index (κ1) is 19.7. The Hall–Kier alpha value is -2.09. The highest BCUT2D eigenvalue weighted by Gasteiger charge is 2.52.